The lowest BCUT2D eigenvalue weighted by Crippen LogP contribution is -2.20. The fourth-order valence-corrected chi connectivity index (χ4v) is 8.58. The lowest BCUT2D eigenvalue weighted by molar-refractivity contribution is -0.109. The molecule has 23 heteroatoms. The summed E-state index contributed by atoms with van der Waals surface area (Å²) in [5, 5.41) is 20.2. The number of amides is 4. The third kappa shape index (κ3) is 10.7. The van der Waals surface area contributed by atoms with E-state index in [-0.39, 0.29) is 62.2 Å². The SMILES string of the molecule is CCn1nc(C)cc1C(=O)Nc1nc2cc(C(N)=O)cc(OCCCOC(=O)c3cc(C)nn3CC)c2n1C/C=C/Cn1c2nc(-c3cc(C)nn3CC)ncc2c2cc(C(N)=O)cc(OCCCNC=O)c21. The first-order valence-electron chi connectivity index (χ1n) is 23.9. The molecular weight excluding hydrogens is 939 g/mol. The summed E-state index contributed by atoms with van der Waals surface area (Å²) in [6, 6.07) is 11.6. The highest BCUT2D eigenvalue weighted by Gasteiger charge is 2.24. The number of esters is 1. The first-order valence-corrected chi connectivity index (χ1v) is 23.9. The minimum absolute atomic E-state index is 0.0320. The highest BCUT2D eigenvalue weighted by atomic mass is 16.5. The molecule has 0 unspecified atom stereocenters. The second kappa shape index (κ2) is 22.0. The minimum Gasteiger partial charge on any atom is -0.491 e. The van der Waals surface area contributed by atoms with Crippen molar-refractivity contribution in [2.75, 3.05) is 31.7 Å². The number of primary amides is 2. The summed E-state index contributed by atoms with van der Waals surface area (Å²) in [6.45, 7) is 13.8. The maximum atomic E-state index is 14.0. The molecule has 6 aromatic heterocycles. The van der Waals surface area contributed by atoms with Gasteiger partial charge in [0.05, 0.1) is 47.9 Å². The van der Waals surface area contributed by atoms with Gasteiger partial charge in [0.1, 0.15) is 39.7 Å². The summed E-state index contributed by atoms with van der Waals surface area (Å²) < 4.78 is 26.9. The molecular formula is C50H57N15O8. The van der Waals surface area contributed by atoms with Crippen LogP contribution in [0.15, 0.2) is 60.8 Å². The lowest BCUT2D eigenvalue weighted by Gasteiger charge is -2.13. The van der Waals surface area contributed by atoms with Crippen LogP contribution in [0.2, 0.25) is 0 Å². The zero-order valence-electron chi connectivity index (χ0n) is 41.5. The topological polar surface area (TPSA) is 291 Å². The second-order valence-electron chi connectivity index (χ2n) is 17.0. The number of aromatic nitrogens is 11. The van der Waals surface area contributed by atoms with Gasteiger partial charge in [-0.2, -0.15) is 15.3 Å². The molecule has 4 amide bonds. The van der Waals surface area contributed by atoms with E-state index in [0.29, 0.717) is 106 Å². The van der Waals surface area contributed by atoms with E-state index in [2.05, 4.69) is 25.9 Å². The third-order valence-corrected chi connectivity index (χ3v) is 11.9. The zero-order valence-corrected chi connectivity index (χ0v) is 41.5. The summed E-state index contributed by atoms with van der Waals surface area (Å²) in [4.78, 5) is 77.9. The van der Waals surface area contributed by atoms with E-state index < -0.39 is 23.7 Å². The molecule has 73 heavy (non-hydrogen) atoms. The predicted octanol–water partition coefficient (Wildman–Crippen LogP) is 5.02. The Kier molecular flexibility index (Phi) is 15.2. The van der Waals surface area contributed by atoms with Gasteiger partial charge in [-0.1, -0.05) is 12.2 Å². The fraction of sp³-hybridized carbons (Fsp3) is 0.340. The molecule has 0 atom stereocenters. The molecule has 380 valence electrons. The van der Waals surface area contributed by atoms with Gasteiger partial charge in [-0.3, -0.25) is 38.5 Å². The molecule has 23 nitrogen and oxygen atoms in total. The molecule has 0 aliphatic rings. The number of imidazole rings is 1. The summed E-state index contributed by atoms with van der Waals surface area (Å²) >= 11 is 0. The van der Waals surface area contributed by atoms with Crippen molar-refractivity contribution in [3.05, 3.63) is 100 Å². The molecule has 2 aromatic carbocycles. The van der Waals surface area contributed by atoms with E-state index >= 15 is 0 Å². The van der Waals surface area contributed by atoms with Crippen molar-refractivity contribution in [3.63, 3.8) is 0 Å². The summed E-state index contributed by atoms with van der Waals surface area (Å²) in [5.74, 6) is -1.15. The third-order valence-electron chi connectivity index (χ3n) is 11.9. The van der Waals surface area contributed by atoms with Crippen LogP contribution >= 0.6 is 0 Å². The van der Waals surface area contributed by atoms with Gasteiger partial charge in [0.15, 0.2) is 5.82 Å². The standard InChI is InChI=1S/C50H57N15O8/c1-7-63-37(20-29(4)58-63)46-54-27-35-34-23-32(44(51)67)25-40(71-17-12-14-53-28-66)42(34)61(47(35)56-46)15-10-11-16-62-43-36(55-50(62)57-48(69)38-21-30(5)59-64(38)8-2)24-33(45(52)68)26-41(43)72-18-13-19-73-49(70)39-22-31(6)60-65(39)9-3/h10-11,20-28H,7-9,12-19H2,1-6H3,(H2,51,67)(H2,52,68)(H,53,66)(H,55,57,69)/b11-10+. The van der Waals surface area contributed by atoms with E-state index in [1.807, 2.05) is 55.2 Å². The van der Waals surface area contributed by atoms with Crippen LogP contribution in [0.1, 0.15) is 92.4 Å². The quantitative estimate of drug-likeness (QED) is 0.0268. The summed E-state index contributed by atoms with van der Waals surface area (Å²) in [7, 11) is 0. The number of hydrogen-bond acceptors (Lipinski definition) is 14. The Morgan fingerprint density at radius 2 is 1.27 bits per heavy atom. The van der Waals surface area contributed by atoms with Gasteiger partial charge in [-0.25, -0.2) is 19.7 Å². The monoisotopic (exact) mass is 995 g/mol. The molecule has 0 fully saturated rings. The van der Waals surface area contributed by atoms with E-state index in [9.17, 15) is 24.0 Å². The smallest absolute Gasteiger partial charge is 0.356 e. The van der Waals surface area contributed by atoms with Gasteiger partial charge in [0, 0.05) is 73.8 Å². The molecule has 0 aliphatic heterocycles. The van der Waals surface area contributed by atoms with Crippen LogP contribution < -0.4 is 31.6 Å². The molecule has 0 aliphatic carbocycles. The molecule has 6 N–H and O–H groups in total. The Labute approximate surface area is 418 Å². The van der Waals surface area contributed by atoms with Crippen molar-refractivity contribution >= 4 is 69.0 Å². The highest BCUT2D eigenvalue weighted by molar-refractivity contribution is 6.12. The number of benzene rings is 2. The number of fused-ring (bicyclic) bond motifs is 4. The van der Waals surface area contributed by atoms with Crippen LogP contribution in [-0.4, -0.2) is 110 Å². The Bertz CT molecular complexity index is 3430. The molecule has 0 radical (unpaired) electrons. The van der Waals surface area contributed by atoms with E-state index in [4.69, 9.17) is 40.6 Å². The molecule has 0 bridgehead atoms. The number of nitrogens with one attached hydrogen (secondary N) is 2. The van der Waals surface area contributed by atoms with Crippen LogP contribution in [0.3, 0.4) is 0 Å². The van der Waals surface area contributed by atoms with Crippen molar-refractivity contribution in [1.82, 2.24) is 58.7 Å². The molecule has 6 heterocycles. The van der Waals surface area contributed by atoms with Crippen LogP contribution in [0.25, 0.3) is 44.5 Å². The number of hydrogen-bond donors (Lipinski definition) is 4. The van der Waals surface area contributed by atoms with E-state index in [1.54, 1.807) is 58.2 Å². The summed E-state index contributed by atoms with van der Waals surface area (Å²) in [5.41, 5.74) is 17.5. The van der Waals surface area contributed by atoms with Crippen molar-refractivity contribution in [1.29, 1.82) is 0 Å². The molecule has 8 aromatic rings. The van der Waals surface area contributed by atoms with Gasteiger partial charge in [0.2, 0.25) is 24.2 Å². The minimum atomic E-state index is -0.720. The van der Waals surface area contributed by atoms with Crippen molar-refractivity contribution in [3.8, 4) is 23.0 Å². The van der Waals surface area contributed by atoms with Gasteiger partial charge in [-0.15, -0.1) is 0 Å². The Balaban J connectivity index is 1.18. The first kappa shape index (κ1) is 50.5. The maximum absolute atomic E-state index is 14.0. The number of rotatable bonds is 24. The lowest BCUT2D eigenvalue weighted by atomic mass is 10.1. The van der Waals surface area contributed by atoms with E-state index in [0.717, 1.165) is 11.4 Å². The summed E-state index contributed by atoms with van der Waals surface area (Å²) in [6.07, 6.45) is 6.88. The van der Waals surface area contributed by atoms with Gasteiger partial charge >= 0.3 is 5.97 Å². The number of nitrogens with zero attached hydrogens (tertiary/aromatic N) is 11. The molecule has 0 spiro atoms. The number of allylic oxidation sites excluding steroid dienone is 2. The average Bonchev–Trinajstić information content (AvgIpc) is 4.20. The zero-order chi connectivity index (χ0) is 51.9. The highest BCUT2D eigenvalue weighted by Crippen LogP contribution is 2.37. The van der Waals surface area contributed by atoms with Crippen LogP contribution in [0, 0.1) is 20.8 Å². The predicted molar refractivity (Wildman–Crippen MR) is 270 cm³/mol. The van der Waals surface area contributed by atoms with Crippen molar-refractivity contribution in [2.24, 2.45) is 11.5 Å². The van der Waals surface area contributed by atoms with Crippen molar-refractivity contribution in [2.45, 2.75) is 87.1 Å². The second-order valence-corrected chi connectivity index (χ2v) is 17.0. The Morgan fingerprint density at radius 1 is 0.671 bits per heavy atom. The number of nitrogens with two attached hydrogens (primary N) is 2. The molecule has 0 saturated carbocycles. The van der Waals surface area contributed by atoms with Gasteiger partial charge in [-0.05, 0) is 90.4 Å². The van der Waals surface area contributed by atoms with E-state index in [1.165, 1.54) is 12.1 Å². The molecule has 8 rings (SSSR count). The van der Waals surface area contributed by atoms with Crippen LogP contribution in [0.4, 0.5) is 5.95 Å². The van der Waals surface area contributed by atoms with Gasteiger partial charge < -0.3 is 40.1 Å². The largest absolute Gasteiger partial charge is 0.491 e. The van der Waals surface area contributed by atoms with Crippen LogP contribution in [-0.2, 0) is 42.3 Å². The number of aryl methyl sites for hydroxylation is 6. The van der Waals surface area contributed by atoms with Crippen molar-refractivity contribution < 1.29 is 38.2 Å². The average molecular weight is 996 g/mol. The Morgan fingerprint density at radius 3 is 1.95 bits per heavy atom. The number of carbonyl (C=O) groups excluding carboxylic acids is 5. The Hall–Kier alpha value is -8.89. The molecule has 0 saturated heterocycles. The fourth-order valence-electron chi connectivity index (χ4n) is 8.58. The maximum Gasteiger partial charge on any atom is 0.356 e. The first-order chi connectivity index (χ1) is 35.2. The van der Waals surface area contributed by atoms with Crippen LogP contribution in [0.5, 0.6) is 11.5 Å². The number of ether oxygens (including phenoxy) is 3. The normalized spacial score (nSPS) is 11.5. The van der Waals surface area contributed by atoms with Gasteiger partial charge in [0.25, 0.3) is 5.91 Å². The number of anilines is 1. The number of carbonyl (C=O) groups is 5.